The zero-order chi connectivity index (χ0) is 15.1. The molecular formula is C19H30ClN. The van der Waals surface area contributed by atoms with Crippen LogP contribution in [-0.2, 0) is 6.42 Å². The molecule has 118 valence electrons. The first kappa shape index (κ1) is 16.8. The van der Waals surface area contributed by atoms with E-state index in [4.69, 9.17) is 11.6 Å². The Hall–Kier alpha value is -0.530. The second-order valence-electron chi connectivity index (χ2n) is 6.66. The van der Waals surface area contributed by atoms with E-state index in [0.717, 1.165) is 29.8 Å². The van der Waals surface area contributed by atoms with Crippen LogP contribution in [0.25, 0.3) is 0 Å². The van der Waals surface area contributed by atoms with E-state index < -0.39 is 0 Å². The van der Waals surface area contributed by atoms with Gasteiger partial charge in [-0.25, -0.2) is 0 Å². The van der Waals surface area contributed by atoms with Crippen molar-refractivity contribution >= 4 is 11.6 Å². The first-order chi connectivity index (χ1) is 10.2. The van der Waals surface area contributed by atoms with Crippen molar-refractivity contribution in [2.45, 2.75) is 58.8 Å². The normalized spacial score (nSPS) is 23.0. The van der Waals surface area contributed by atoms with Crippen LogP contribution in [0.3, 0.4) is 0 Å². The highest BCUT2D eigenvalue weighted by atomic mass is 35.5. The Morgan fingerprint density at radius 3 is 2.62 bits per heavy atom. The van der Waals surface area contributed by atoms with Crippen molar-refractivity contribution in [2.75, 3.05) is 13.1 Å². The molecule has 2 rings (SSSR count). The molecule has 21 heavy (non-hydrogen) atoms. The second kappa shape index (κ2) is 8.80. The van der Waals surface area contributed by atoms with Gasteiger partial charge in [-0.1, -0.05) is 49.9 Å². The van der Waals surface area contributed by atoms with Crippen LogP contribution >= 0.6 is 11.6 Å². The number of halogens is 1. The van der Waals surface area contributed by atoms with E-state index >= 15 is 0 Å². The first-order valence-corrected chi connectivity index (χ1v) is 9.04. The largest absolute Gasteiger partial charge is 0.316 e. The fourth-order valence-electron chi connectivity index (χ4n) is 3.56. The van der Waals surface area contributed by atoms with E-state index in [9.17, 15) is 0 Å². The number of benzene rings is 1. The number of nitrogens with one attached hydrogen (secondary N) is 1. The van der Waals surface area contributed by atoms with E-state index in [2.05, 4.69) is 37.4 Å². The first-order valence-electron chi connectivity index (χ1n) is 8.66. The Kier molecular flexibility index (Phi) is 7.06. The van der Waals surface area contributed by atoms with Crippen LogP contribution in [0.5, 0.6) is 0 Å². The Morgan fingerprint density at radius 2 is 1.90 bits per heavy atom. The Bertz CT molecular complexity index is 430. The Morgan fingerprint density at radius 1 is 1.14 bits per heavy atom. The van der Waals surface area contributed by atoms with E-state index in [1.165, 1.54) is 56.2 Å². The summed E-state index contributed by atoms with van der Waals surface area (Å²) in [6, 6.07) is 6.54. The van der Waals surface area contributed by atoms with Gasteiger partial charge in [0.15, 0.2) is 0 Å². The zero-order valence-electron chi connectivity index (χ0n) is 13.6. The molecule has 1 aliphatic rings. The molecule has 2 atom stereocenters. The number of rotatable bonds is 6. The quantitative estimate of drug-likeness (QED) is 0.549. The van der Waals surface area contributed by atoms with E-state index in [1.807, 2.05) is 0 Å². The molecule has 0 spiro atoms. The van der Waals surface area contributed by atoms with Crippen molar-refractivity contribution < 1.29 is 0 Å². The average molecular weight is 308 g/mol. The maximum atomic E-state index is 6.45. The van der Waals surface area contributed by atoms with Gasteiger partial charge in [-0.05, 0) is 74.7 Å². The van der Waals surface area contributed by atoms with Gasteiger partial charge in [-0.2, -0.15) is 0 Å². The van der Waals surface area contributed by atoms with Crippen LogP contribution in [0.4, 0.5) is 0 Å². The molecule has 1 saturated carbocycles. The molecular weight excluding hydrogens is 278 g/mol. The molecule has 0 bridgehead atoms. The molecule has 0 amide bonds. The van der Waals surface area contributed by atoms with Crippen LogP contribution in [0, 0.1) is 18.8 Å². The smallest absolute Gasteiger partial charge is 0.0440 e. The van der Waals surface area contributed by atoms with Gasteiger partial charge < -0.3 is 5.32 Å². The summed E-state index contributed by atoms with van der Waals surface area (Å²) in [5, 5.41) is 4.60. The molecule has 0 radical (unpaired) electrons. The summed E-state index contributed by atoms with van der Waals surface area (Å²) in [5.74, 6) is 1.61. The topological polar surface area (TPSA) is 12.0 Å². The van der Waals surface area contributed by atoms with Crippen LogP contribution in [-0.4, -0.2) is 13.1 Å². The molecule has 1 aromatic carbocycles. The lowest BCUT2D eigenvalue weighted by Crippen LogP contribution is -2.29. The molecule has 1 fully saturated rings. The van der Waals surface area contributed by atoms with Gasteiger partial charge in [-0.15, -0.1) is 0 Å². The number of hydrogen-bond donors (Lipinski definition) is 1. The fourth-order valence-corrected chi connectivity index (χ4v) is 3.88. The molecule has 1 N–H and O–H groups in total. The van der Waals surface area contributed by atoms with Crippen molar-refractivity contribution in [3.63, 3.8) is 0 Å². The predicted octanol–water partition coefficient (Wildman–Crippen LogP) is 5.39. The molecule has 1 aromatic rings. The summed E-state index contributed by atoms with van der Waals surface area (Å²) >= 11 is 6.45. The highest BCUT2D eigenvalue weighted by Gasteiger charge is 2.24. The van der Waals surface area contributed by atoms with Gasteiger partial charge >= 0.3 is 0 Å². The van der Waals surface area contributed by atoms with E-state index in [-0.39, 0.29) is 0 Å². The van der Waals surface area contributed by atoms with Gasteiger partial charge in [0.2, 0.25) is 0 Å². The number of aryl methyl sites for hydroxylation is 1. The van der Waals surface area contributed by atoms with Crippen molar-refractivity contribution in [1.29, 1.82) is 0 Å². The third-order valence-corrected chi connectivity index (χ3v) is 5.19. The molecule has 2 unspecified atom stereocenters. The van der Waals surface area contributed by atoms with E-state index in [0.29, 0.717) is 0 Å². The van der Waals surface area contributed by atoms with Crippen LogP contribution in [0.15, 0.2) is 18.2 Å². The zero-order valence-corrected chi connectivity index (χ0v) is 14.4. The standard InChI is InChI=1S/C19H30ClN/c1-3-11-21-14-18-8-6-4-5-7-16(18)13-17-10-9-15(2)12-19(17)20/h9-10,12,16,18,21H,3-8,11,13-14H2,1-2H3. The molecule has 0 aliphatic heterocycles. The molecule has 0 aromatic heterocycles. The Balaban J connectivity index is 2.01. The number of hydrogen-bond acceptors (Lipinski definition) is 1. The molecule has 0 heterocycles. The van der Waals surface area contributed by atoms with Gasteiger partial charge in [0.05, 0.1) is 0 Å². The maximum Gasteiger partial charge on any atom is 0.0440 e. The minimum atomic E-state index is 0.789. The Labute approximate surface area is 135 Å². The molecule has 1 aliphatic carbocycles. The minimum Gasteiger partial charge on any atom is -0.316 e. The third-order valence-electron chi connectivity index (χ3n) is 4.84. The highest BCUT2D eigenvalue weighted by molar-refractivity contribution is 6.31. The van der Waals surface area contributed by atoms with Crippen molar-refractivity contribution in [3.8, 4) is 0 Å². The summed E-state index contributed by atoms with van der Waals surface area (Å²) < 4.78 is 0. The van der Waals surface area contributed by atoms with Gasteiger partial charge in [-0.3, -0.25) is 0 Å². The minimum absolute atomic E-state index is 0.789. The lowest BCUT2D eigenvalue weighted by atomic mass is 9.83. The molecule has 1 nitrogen and oxygen atoms in total. The summed E-state index contributed by atoms with van der Waals surface area (Å²) in [7, 11) is 0. The molecule has 0 saturated heterocycles. The van der Waals surface area contributed by atoms with Crippen molar-refractivity contribution in [2.24, 2.45) is 11.8 Å². The van der Waals surface area contributed by atoms with Gasteiger partial charge in [0.1, 0.15) is 0 Å². The second-order valence-corrected chi connectivity index (χ2v) is 7.07. The van der Waals surface area contributed by atoms with E-state index in [1.54, 1.807) is 0 Å². The van der Waals surface area contributed by atoms with Gasteiger partial charge in [0.25, 0.3) is 0 Å². The van der Waals surface area contributed by atoms with Crippen molar-refractivity contribution in [1.82, 2.24) is 5.32 Å². The summed E-state index contributed by atoms with van der Waals surface area (Å²) in [6.07, 6.45) is 9.31. The summed E-state index contributed by atoms with van der Waals surface area (Å²) in [5.41, 5.74) is 2.60. The maximum absolute atomic E-state index is 6.45. The van der Waals surface area contributed by atoms with Crippen LogP contribution in [0.2, 0.25) is 5.02 Å². The van der Waals surface area contributed by atoms with Crippen LogP contribution in [0.1, 0.15) is 56.6 Å². The lowest BCUT2D eigenvalue weighted by Gasteiger charge is -2.26. The van der Waals surface area contributed by atoms with Crippen molar-refractivity contribution in [3.05, 3.63) is 34.3 Å². The lowest BCUT2D eigenvalue weighted by molar-refractivity contribution is 0.298. The average Bonchev–Trinajstić information content (AvgIpc) is 2.68. The predicted molar refractivity (Wildman–Crippen MR) is 93.1 cm³/mol. The summed E-state index contributed by atoms with van der Waals surface area (Å²) in [6.45, 7) is 6.68. The third kappa shape index (κ3) is 5.30. The SMILES string of the molecule is CCCNCC1CCCCCC1Cc1ccc(C)cc1Cl. The van der Waals surface area contributed by atoms with Gasteiger partial charge in [0, 0.05) is 5.02 Å². The fraction of sp³-hybridized carbons (Fsp3) is 0.684. The monoisotopic (exact) mass is 307 g/mol. The van der Waals surface area contributed by atoms with Crippen LogP contribution < -0.4 is 5.32 Å². The molecule has 2 heteroatoms. The highest BCUT2D eigenvalue weighted by Crippen LogP contribution is 2.33. The summed E-state index contributed by atoms with van der Waals surface area (Å²) in [4.78, 5) is 0.